The Kier molecular flexibility index (Phi) is 6.64. The van der Waals surface area contributed by atoms with E-state index in [0.717, 1.165) is 4.90 Å². The van der Waals surface area contributed by atoms with Gasteiger partial charge in [-0.2, -0.15) is 0 Å². The minimum absolute atomic E-state index is 0.0273. The summed E-state index contributed by atoms with van der Waals surface area (Å²) >= 11 is 0. The number of carbonyl (C=O) groups excluding carboxylic acids is 4. The molecule has 2 heterocycles. The molecule has 2 fully saturated rings. The minimum Gasteiger partial charge on any atom is -0.459 e. The standard InChI is InChI=1S/C23H21FN2O7/c24-18-19(33-22(29)15-9-5-2-6-10-15)16(13-31-21(28)14-7-3-1-4-8-14)32-20(18)26-12-11-17(27)25-23(26)30/h1-10,16,18-20H,11-13H2,(H,25,27,30)/t16-,18+,19?,20-/m1/s1. The molecular weight excluding hydrogens is 435 g/mol. The second-order valence-corrected chi connectivity index (χ2v) is 7.51. The van der Waals surface area contributed by atoms with Gasteiger partial charge in [-0.1, -0.05) is 36.4 Å². The molecule has 4 atom stereocenters. The highest BCUT2D eigenvalue weighted by Crippen LogP contribution is 2.31. The van der Waals surface area contributed by atoms with E-state index in [1.165, 1.54) is 12.1 Å². The SMILES string of the molecule is O=C1CCN([C@@H]2O[C@H](COC(=O)c3ccccc3)C(OC(=O)c3ccccc3)[C@@H]2F)C(=O)N1. The summed E-state index contributed by atoms with van der Waals surface area (Å²) in [5.74, 6) is -1.93. The molecule has 2 saturated heterocycles. The Labute approximate surface area is 188 Å². The van der Waals surface area contributed by atoms with E-state index in [-0.39, 0.29) is 24.1 Å². The van der Waals surface area contributed by atoms with Crippen LogP contribution in [0, 0.1) is 0 Å². The number of imide groups is 1. The Hall–Kier alpha value is -3.79. The first-order chi connectivity index (χ1) is 15.9. The van der Waals surface area contributed by atoms with Crippen molar-refractivity contribution >= 4 is 23.9 Å². The molecule has 0 saturated carbocycles. The molecule has 4 rings (SSSR count). The highest BCUT2D eigenvalue weighted by Gasteiger charge is 2.52. The number of ether oxygens (including phenoxy) is 3. The lowest BCUT2D eigenvalue weighted by atomic mass is 10.1. The molecule has 33 heavy (non-hydrogen) atoms. The summed E-state index contributed by atoms with van der Waals surface area (Å²) in [5.41, 5.74) is 0.491. The summed E-state index contributed by atoms with van der Waals surface area (Å²) < 4.78 is 31.8. The quantitative estimate of drug-likeness (QED) is 0.663. The predicted octanol–water partition coefficient (Wildman–Crippen LogP) is 2.07. The number of alkyl halides is 1. The van der Waals surface area contributed by atoms with Crippen molar-refractivity contribution in [2.24, 2.45) is 0 Å². The first kappa shape index (κ1) is 22.4. The molecule has 0 spiro atoms. The maximum absolute atomic E-state index is 15.4. The van der Waals surface area contributed by atoms with Crippen LogP contribution in [0.15, 0.2) is 60.7 Å². The van der Waals surface area contributed by atoms with Crippen molar-refractivity contribution in [1.29, 1.82) is 0 Å². The number of amides is 3. The third-order valence-electron chi connectivity index (χ3n) is 5.30. The maximum atomic E-state index is 15.4. The molecule has 0 aromatic heterocycles. The monoisotopic (exact) mass is 456 g/mol. The second-order valence-electron chi connectivity index (χ2n) is 7.51. The summed E-state index contributed by atoms with van der Waals surface area (Å²) in [7, 11) is 0. The molecule has 2 aromatic rings. The fourth-order valence-electron chi connectivity index (χ4n) is 3.62. The summed E-state index contributed by atoms with van der Waals surface area (Å²) in [5, 5.41) is 2.10. The first-order valence-electron chi connectivity index (χ1n) is 10.3. The van der Waals surface area contributed by atoms with Crippen LogP contribution in [0.4, 0.5) is 9.18 Å². The molecule has 3 amide bonds. The largest absolute Gasteiger partial charge is 0.459 e. The molecule has 0 aliphatic carbocycles. The molecule has 1 N–H and O–H groups in total. The van der Waals surface area contributed by atoms with Gasteiger partial charge in [-0.05, 0) is 24.3 Å². The molecule has 1 unspecified atom stereocenters. The Morgan fingerprint density at radius 3 is 2.21 bits per heavy atom. The van der Waals surface area contributed by atoms with Crippen LogP contribution in [-0.2, 0) is 19.0 Å². The lowest BCUT2D eigenvalue weighted by molar-refractivity contribution is -0.124. The van der Waals surface area contributed by atoms with E-state index >= 15 is 4.39 Å². The van der Waals surface area contributed by atoms with Crippen molar-refractivity contribution in [2.75, 3.05) is 13.2 Å². The van der Waals surface area contributed by atoms with Crippen LogP contribution >= 0.6 is 0 Å². The van der Waals surface area contributed by atoms with Gasteiger partial charge in [-0.15, -0.1) is 0 Å². The molecule has 10 heteroatoms. The molecule has 9 nitrogen and oxygen atoms in total. The van der Waals surface area contributed by atoms with E-state index in [2.05, 4.69) is 5.32 Å². The Morgan fingerprint density at radius 1 is 1.00 bits per heavy atom. The van der Waals surface area contributed by atoms with Crippen LogP contribution in [0.1, 0.15) is 27.1 Å². The normalized spacial score (nSPS) is 24.8. The van der Waals surface area contributed by atoms with E-state index in [9.17, 15) is 19.2 Å². The number of hydrogen-bond donors (Lipinski definition) is 1. The summed E-state index contributed by atoms with van der Waals surface area (Å²) in [4.78, 5) is 49.5. The van der Waals surface area contributed by atoms with Crippen molar-refractivity contribution in [3.63, 3.8) is 0 Å². The Bertz CT molecular complexity index is 1030. The Balaban J connectivity index is 1.50. The van der Waals surface area contributed by atoms with Gasteiger partial charge >= 0.3 is 18.0 Å². The van der Waals surface area contributed by atoms with Gasteiger partial charge in [0.15, 0.2) is 18.5 Å². The molecule has 172 valence electrons. The summed E-state index contributed by atoms with van der Waals surface area (Å²) in [6.45, 7) is -0.475. The van der Waals surface area contributed by atoms with E-state index in [1.807, 2.05) is 0 Å². The molecule has 2 aliphatic heterocycles. The zero-order valence-electron chi connectivity index (χ0n) is 17.4. The number of nitrogens with one attached hydrogen (secondary N) is 1. The number of hydrogen-bond acceptors (Lipinski definition) is 7. The number of benzene rings is 2. The van der Waals surface area contributed by atoms with Crippen LogP contribution < -0.4 is 5.32 Å². The van der Waals surface area contributed by atoms with Gasteiger partial charge in [0, 0.05) is 13.0 Å². The summed E-state index contributed by atoms with van der Waals surface area (Å²) in [6.07, 6.45) is -6.00. The number of rotatable bonds is 6. The van der Waals surface area contributed by atoms with Crippen molar-refractivity contribution < 1.29 is 37.8 Å². The van der Waals surface area contributed by atoms with Crippen LogP contribution in [0.25, 0.3) is 0 Å². The van der Waals surface area contributed by atoms with Gasteiger partial charge < -0.3 is 14.2 Å². The molecule has 0 bridgehead atoms. The lowest BCUT2D eigenvalue weighted by Gasteiger charge is -2.32. The van der Waals surface area contributed by atoms with Crippen LogP contribution in [0.3, 0.4) is 0 Å². The van der Waals surface area contributed by atoms with Gasteiger partial charge in [-0.3, -0.25) is 15.0 Å². The number of nitrogens with zero attached hydrogens (tertiary/aromatic N) is 1. The van der Waals surface area contributed by atoms with Gasteiger partial charge in [0.2, 0.25) is 5.91 Å². The molecule has 2 aromatic carbocycles. The summed E-state index contributed by atoms with van der Waals surface area (Å²) in [6, 6.07) is 15.4. The first-order valence-corrected chi connectivity index (χ1v) is 10.3. The van der Waals surface area contributed by atoms with E-state index < -0.39 is 55.1 Å². The number of carbonyl (C=O) groups is 4. The predicted molar refractivity (Wildman–Crippen MR) is 111 cm³/mol. The average Bonchev–Trinajstić information content (AvgIpc) is 3.13. The van der Waals surface area contributed by atoms with Crippen LogP contribution in [0.2, 0.25) is 0 Å². The zero-order chi connectivity index (χ0) is 23.4. The molecule has 2 aliphatic rings. The van der Waals surface area contributed by atoms with Crippen molar-refractivity contribution in [3.05, 3.63) is 71.8 Å². The van der Waals surface area contributed by atoms with E-state index in [0.29, 0.717) is 0 Å². The Morgan fingerprint density at radius 2 is 1.61 bits per heavy atom. The number of halogens is 1. The third-order valence-corrected chi connectivity index (χ3v) is 5.30. The third kappa shape index (κ3) is 5.01. The van der Waals surface area contributed by atoms with Gasteiger partial charge in [0.25, 0.3) is 0 Å². The van der Waals surface area contributed by atoms with Crippen molar-refractivity contribution in [3.8, 4) is 0 Å². The van der Waals surface area contributed by atoms with E-state index in [4.69, 9.17) is 14.2 Å². The van der Waals surface area contributed by atoms with E-state index in [1.54, 1.807) is 48.5 Å². The maximum Gasteiger partial charge on any atom is 0.338 e. The van der Waals surface area contributed by atoms with Crippen LogP contribution in [-0.4, -0.2) is 66.5 Å². The molecule has 0 radical (unpaired) electrons. The van der Waals surface area contributed by atoms with Gasteiger partial charge in [0.05, 0.1) is 11.1 Å². The average molecular weight is 456 g/mol. The highest BCUT2D eigenvalue weighted by molar-refractivity contribution is 5.96. The second kappa shape index (κ2) is 9.78. The topological polar surface area (TPSA) is 111 Å². The fourth-order valence-corrected chi connectivity index (χ4v) is 3.62. The van der Waals surface area contributed by atoms with Crippen molar-refractivity contribution in [2.45, 2.75) is 31.0 Å². The van der Waals surface area contributed by atoms with Crippen molar-refractivity contribution in [1.82, 2.24) is 10.2 Å². The molecular formula is C23H21FN2O7. The van der Waals surface area contributed by atoms with Gasteiger partial charge in [-0.25, -0.2) is 18.8 Å². The highest BCUT2D eigenvalue weighted by atomic mass is 19.1. The van der Waals surface area contributed by atoms with Crippen LogP contribution in [0.5, 0.6) is 0 Å². The fraction of sp³-hybridized carbons (Fsp3) is 0.304. The number of urea groups is 1. The lowest BCUT2D eigenvalue weighted by Crippen LogP contribution is -2.56. The number of esters is 2. The smallest absolute Gasteiger partial charge is 0.338 e. The minimum atomic E-state index is -1.93. The van der Waals surface area contributed by atoms with Gasteiger partial charge in [0.1, 0.15) is 12.7 Å². The zero-order valence-corrected chi connectivity index (χ0v) is 17.4.